The average Bonchev–Trinajstić information content (AvgIpc) is 2.54. The third kappa shape index (κ3) is 5.17. The van der Waals surface area contributed by atoms with Gasteiger partial charge >= 0.3 is 5.97 Å². The summed E-state index contributed by atoms with van der Waals surface area (Å²) in [6.07, 6.45) is -0.228. The number of ketones is 1. The fourth-order valence-electron chi connectivity index (χ4n) is 1.91. The number of amides is 1. The second-order valence-electron chi connectivity index (χ2n) is 4.86. The highest BCUT2D eigenvalue weighted by molar-refractivity contribution is 14.1. The lowest BCUT2D eigenvalue weighted by Crippen LogP contribution is -2.12. The summed E-state index contributed by atoms with van der Waals surface area (Å²) in [5.41, 5.74) is 1.55. The van der Waals surface area contributed by atoms with Crippen molar-refractivity contribution in [1.29, 1.82) is 0 Å². The topological polar surface area (TPSA) is 83.5 Å². The van der Waals surface area contributed by atoms with Crippen molar-refractivity contribution in [2.24, 2.45) is 0 Å². The van der Waals surface area contributed by atoms with E-state index in [1.807, 2.05) is 12.1 Å². The van der Waals surface area contributed by atoms with Crippen LogP contribution >= 0.6 is 22.6 Å². The second kappa shape index (κ2) is 7.87. The largest absolute Gasteiger partial charge is 0.481 e. The van der Waals surface area contributed by atoms with E-state index in [0.717, 1.165) is 3.57 Å². The van der Waals surface area contributed by atoms with Crippen LogP contribution in [0.25, 0.3) is 0 Å². The van der Waals surface area contributed by atoms with Crippen LogP contribution in [-0.2, 0) is 4.79 Å². The fourth-order valence-corrected chi connectivity index (χ4v) is 2.27. The van der Waals surface area contributed by atoms with Gasteiger partial charge in [-0.15, -0.1) is 0 Å². The van der Waals surface area contributed by atoms with E-state index in [2.05, 4.69) is 27.9 Å². The quantitative estimate of drug-likeness (QED) is 0.550. The first-order chi connectivity index (χ1) is 11.0. The highest BCUT2D eigenvalue weighted by atomic mass is 127. The number of benzene rings is 2. The lowest BCUT2D eigenvalue weighted by Gasteiger charge is -2.06. The predicted octanol–water partition coefficient (Wildman–Crippen LogP) is 3.59. The van der Waals surface area contributed by atoms with Gasteiger partial charge in [-0.2, -0.15) is 0 Å². The highest BCUT2D eigenvalue weighted by Gasteiger charge is 2.10. The molecule has 118 valence electrons. The van der Waals surface area contributed by atoms with Crippen molar-refractivity contribution < 1.29 is 19.5 Å². The number of aliphatic carboxylic acids is 1. The van der Waals surface area contributed by atoms with E-state index >= 15 is 0 Å². The Morgan fingerprint density at radius 2 is 1.43 bits per heavy atom. The van der Waals surface area contributed by atoms with Gasteiger partial charge in [-0.25, -0.2) is 0 Å². The monoisotopic (exact) mass is 423 g/mol. The Labute approximate surface area is 146 Å². The summed E-state index contributed by atoms with van der Waals surface area (Å²) in [6, 6.07) is 13.6. The number of rotatable bonds is 6. The molecule has 5 nitrogen and oxygen atoms in total. The molecule has 0 aromatic heterocycles. The molecular formula is C17H14INO4. The van der Waals surface area contributed by atoms with Crippen LogP contribution in [0.3, 0.4) is 0 Å². The highest BCUT2D eigenvalue weighted by Crippen LogP contribution is 2.14. The Morgan fingerprint density at radius 1 is 0.870 bits per heavy atom. The average molecular weight is 423 g/mol. The molecule has 0 spiro atoms. The summed E-state index contributed by atoms with van der Waals surface area (Å²) in [5, 5.41) is 11.3. The van der Waals surface area contributed by atoms with Crippen molar-refractivity contribution in [3.63, 3.8) is 0 Å². The molecule has 0 saturated carbocycles. The minimum absolute atomic E-state index is 0.0380. The lowest BCUT2D eigenvalue weighted by molar-refractivity contribution is -0.136. The number of anilines is 1. The summed E-state index contributed by atoms with van der Waals surface area (Å²) < 4.78 is 1.04. The molecule has 2 aromatic carbocycles. The van der Waals surface area contributed by atoms with E-state index in [9.17, 15) is 14.4 Å². The van der Waals surface area contributed by atoms with E-state index in [4.69, 9.17) is 5.11 Å². The van der Waals surface area contributed by atoms with Gasteiger partial charge in [-0.1, -0.05) is 0 Å². The Hall–Kier alpha value is -2.22. The molecule has 0 aliphatic carbocycles. The number of Topliss-reactive ketones (excluding diaryl/α,β-unsaturated/α-hetero) is 1. The van der Waals surface area contributed by atoms with Crippen molar-refractivity contribution in [1.82, 2.24) is 0 Å². The van der Waals surface area contributed by atoms with Crippen molar-refractivity contribution in [3.8, 4) is 0 Å². The number of hydrogen-bond donors (Lipinski definition) is 2. The third-order valence-electron chi connectivity index (χ3n) is 3.14. The van der Waals surface area contributed by atoms with Crippen LogP contribution in [0.4, 0.5) is 5.69 Å². The van der Waals surface area contributed by atoms with Gasteiger partial charge in [0.1, 0.15) is 0 Å². The van der Waals surface area contributed by atoms with E-state index in [1.54, 1.807) is 36.4 Å². The number of hydrogen-bond acceptors (Lipinski definition) is 3. The van der Waals surface area contributed by atoms with Gasteiger partial charge < -0.3 is 10.4 Å². The molecule has 0 unspecified atom stereocenters. The first-order valence-corrected chi connectivity index (χ1v) is 7.95. The van der Waals surface area contributed by atoms with Crippen molar-refractivity contribution in [2.75, 3.05) is 5.32 Å². The van der Waals surface area contributed by atoms with Crippen LogP contribution < -0.4 is 5.32 Å². The lowest BCUT2D eigenvalue weighted by atomic mass is 10.1. The molecule has 0 heterocycles. The number of carbonyl (C=O) groups is 3. The van der Waals surface area contributed by atoms with Crippen molar-refractivity contribution in [3.05, 3.63) is 63.2 Å². The maximum absolute atomic E-state index is 12.1. The Balaban J connectivity index is 1.99. The first kappa shape index (κ1) is 17.1. The van der Waals surface area contributed by atoms with Crippen LogP contribution in [0.2, 0.25) is 0 Å². The van der Waals surface area contributed by atoms with Crippen molar-refractivity contribution >= 4 is 45.9 Å². The maximum atomic E-state index is 12.1. The molecule has 0 bridgehead atoms. The number of carboxylic acid groups (broad SMARTS) is 1. The minimum atomic E-state index is -1.00. The second-order valence-corrected chi connectivity index (χ2v) is 6.10. The van der Waals surface area contributed by atoms with Gasteiger partial charge in [0.25, 0.3) is 5.91 Å². The van der Waals surface area contributed by atoms with Crippen LogP contribution in [0.5, 0.6) is 0 Å². The van der Waals surface area contributed by atoms with Gasteiger partial charge in [0.2, 0.25) is 0 Å². The zero-order valence-electron chi connectivity index (χ0n) is 12.1. The van der Waals surface area contributed by atoms with Gasteiger partial charge in [0.05, 0.1) is 6.42 Å². The van der Waals surface area contributed by atoms with Crippen LogP contribution in [0.15, 0.2) is 48.5 Å². The molecule has 0 aliphatic heterocycles. The Morgan fingerprint density at radius 3 is 2.00 bits per heavy atom. The van der Waals surface area contributed by atoms with E-state index < -0.39 is 5.97 Å². The van der Waals surface area contributed by atoms with E-state index in [0.29, 0.717) is 16.8 Å². The predicted molar refractivity (Wildman–Crippen MR) is 94.8 cm³/mol. The van der Waals surface area contributed by atoms with E-state index in [1.165, 1.54) is 0 Å². The zero-order valence-corrected chi connectivity index (χ0v) is 14.2. The van der Waals surface area contributed by atoms with Crippen LogP contribution in [0.1, 0.15) is 33.6 Å². The molecule has 0 atom stereocenters. The summed E-state index contributed by atoms with van der Waals surface area (Å²) in [4.78, 5) is 34.3. The Kier molecular flexibility index (Phi) is 5.86. The molecule has 0 radical (unpaired) electrons. The minimum Gasteiger partial charge on any atom is -0.481 e. The fraction of sp³-hybridized carbons (Fsp3) is 0.118. The molecule has 2 N–H and O–H groups in total. The van der Waals surface area contributed by atoms with E-state index in [-0.39, 0.29) is 24.5 Å². The molecule has 1 amide bonds. The van der Waals surface area contributed by atoms with Crippen LogP contribution in [-0.4, -0.2) is 22.8 Å². The smallest absolute Gasteiger partial charge is 0.303 e. The summed E-state index contributed by atoms with van der Waals surface area (Å²) in [6.45, 7) is 0. The molecule has 0 fully saturated rings. The van der Waals surface area contributed by atoms with Gasteiger partial charge in [0.15, 0.2) is 5.78 Å². The third-order valence-corrected chi connectivity index (χ3v) is 3.86. The normalized spacial score (nSPS) is 10.1. The molecule has 2 aromatic rings. The standard InChI is InChI=1S/C17H14INO4/c18-13-5-1-12(2-6-13)17(23)19-14-7-3-11(4-8-14)15(20)9-10-16(21)22/h1-8H,9-10H2,(H,19,23)(H,21,22). The van der Waals surface area contributed by atoms with Crippen LogP contribution in [0, 0.1) is 3.57 Å². The molecule has 6 heteroatoms. The van der Waals surface area contributed by atoms with Gasteiger partial charge in [-0.05, 0) is 71.1 Å². The summed E-state index contributed by atoms with van der Waals surface area (Å²) in [7, 11) is 0. The number of carbonyl (C=O) groups excluding carboxylic acids is 2. The first-order valence-electron chi connectivity index (χ1n) is 6.87. The summed E-state index contributed by atoms with van der Waals surface area (Å²) in [5.74, 6) is -1.46. The van der Waals surface area contributed by atoms with Gasteiger partial charge in [0, 0.05) is 26.8 Å². The molecule has 0 saturated heterocycles. The molecule has 0 aliphatic rings. The number of nitrogens with one attached hydrogen (secondary N) is 1. The summed E-state index contributed by atoms with van der Waals surface area (Å²) >= 11 is 2.16. The Bertz CT molecular complexity index is 723. The zero-order chi connectivity index (χ0) is 16.8. The number of halogens is 1. The molecular weight excluding hydrogens is 409 g/mol. The SMILES string of the molecule is O=C(O)CCC(=O)c1ccc(NC(=O)c2ccc(I)cc2)cc1. The molecule has 23 heavy (non-hydrogen) atoms. The maximum Gasteiger partial charge on any atom is 0.303 e. The van der Waals surface area contributed by atoms with Gasteiger partial charge in [-0.3, -0.25) is 14.4 Å². The molecule has 2 rings (SSSR count). The number of carboxylic acids is 1. The van der Waals surface area contributed by atoms with Crippen molar-refractivity contribution in [2.45, 2.75) is 12.8 Å².